The number of carbonyl (C=O) groups is 2. The van der Waals surface area contributed by atoms with Crippen molar-refractivity contribution in [3.8, 4) is 0 Å². The van der Waals surface area contributed by atoms with Gasteiger partial charge in [0, 0.05) is 37.7 Å². The van der Waals surface area contributed by atoms with Gasteiger partial charge in [0.15, 0.2) is 0 Å². The summed E-state index contributed by atoms with van der Waals surface area (Å²) in [5, 5.41) is 6.58. The van der Waals surface area contributed by atoms with Crippen LogP contribution in [0.3, 0.4) is 0 Å². The Morgan fingerprint density at radius 1 is 1.12 bits per heavy atom. The fraction of sp³-hybridized carbons (Fsp3) is 0.556. The quantitative estimate of drug-likeness (QED) is 0.811. The zero-order chi connectivity index (χ0) is 18.2. The van der Waals surface area contributed by atoms with Gasteiger partial charge in [-0.15, -0.1) is 0 Å². The van der Waals surface area contributed by atoms with Crippen LogP contribution in [0.4, 0.5) is 4.79 Å². The number of nitrogens with zero attached hydrogens (tertiary/aromatic N) is 2. The molecule has 25 heavy (non-hydrogen) atoms. The molecule has 1 aliphatic heterocycles. The smallest absolute Gasteiger partial charge is 0.317 e. The fourth-order valence-corrected chi connectivity index (χ4v) is 3.05. The molecule has 6 nitrogen and oxygen atoms in total. The standard InChI is InChI=1S/C18H27ClN4O2/c1-3-16(14-5-7-15(19)8-6-14)21-18(25)23-11-9-22(10-12-23)13-17(24)20-4-2/h5-8,16H,3-4,9-13H2,1-2H3,(H,20,24)(H,21,25). The highest BCUT2D eigenvalue weighted by molar-refractivity contribution is 6.30. The molecular formula is C18H27ClN4O2. The second-order valence-corrected chi connectivity index (χ2v) is 6.62. The van der Waals surface area contributed by atoms with Crippen molar-refractivity contribution in [2.24, 2.45) is 0 Å². The van der Waals surface area contributed by atoms with E-state index in [-0.39, 0.29) is 18.0 Å². The Kier molecular flexibility index (Phi) is 7.52. The largest absolute Gasteiger partial charge is 0.355 e. The third kappa shape index (κ3) is 5.90. The average molecular weight is 367 g/mol. The van der Waals surface area contributed by atoms with Crippen LogP contribution in [-0.2, 0) is 4.79 Å². The van der Waals surface area contributed by atoms with Gasteiger partial charge in [0.05, 0.1) is 12.6 Å². The molecule has 0 aliphatic carbocycles. The molecule has 138 valence electrons. The maximum Gasteiger partial charge on any atom is 0.317 e. The minimum Gasteiger partial charge on any atom is -0.355 e. The maximum absolute atomic E-state index is 12.5. The predicted molar refractivity (Wildman–Crippen MR) is 99.7 cm³/mol. The normalized spacial score (nSPS) is 16.4. The van der Waals surface area contributed by atoms with Crippen molar-refractivity contribution >= 4 is 23.5 Å². The molecule has 1 heterocycles. The number of nitrogens with one attached hydrogen (secondary N) is 2. The summed E-state index contributed by atoms with van der Waals surface area (Å²) in [5.41, 5.74) is 1.05. The van der Waals surface area contributed by atoms with Crippen molar-refractivity contribution in [1.29, 1.82) is 0 Å². The number of carbonyl (C=O) groups excluding carboxylic acids is 2. The van der Waals surface area contributed by atoms with Gasteiger partial charge < -0.3 is 15.5 Å². The van der Waals surface area contributed by atoms with Gasteiger partial charge in [-0.3, -0.25) is 9.69 Å². The Bertz CT molecular complexity index is 571. The molecule has 0 spiro atoms. The van der Waals surface area contributed by atoms with Crippen LogP contribution in [0, 0.1) is 0 Å². The number of rotatable bonds is 6. The molecule has 1 saturated heterocycles. The summed E-state index contributed by atoms with van der Waals surface area (Å²) >= 11 is 5.93. The number of hydrogen-bond acceptors (Lipinski definition) is 3. The first kappa shape index (κ1) is 19.5. The van der Waals surface area contributed by atoms with Crippen molar-refractivity contribution in [3.05, 3.63) is 34.9 Å². The molecule has 7 heteroatoms. The number of halogens is 1. The Balaban J connectivity index is 1.83. The fourth-order valence-electron chi connectivity index (χ4n) is 2.92. The van der Waals surface area contributed by atoms with Crippen molar-refractivity contribution in [1.82, 2.24) is 20.4 Å². The summed E-state index contributed by atoms with van der Waals surface area (Å²) in [5.74, 6) is 0.0363. The van der Waals surface area contributed by atoms with Crippen LogP contribution >= 0.6 is 11.6 Å². The predicted octanol–water partition coefficient (Wildman–Crippen LogP) is 2.25. The third-order valence-electron chi connectivity index (χ3n) is 4.38. The monoisotopic (exact) mass is 366 g/mol. The van der Waals surface area contributed by atoms with Crippen molar-refractivity contribution in [2.45, 2.75) is 26.3 Å². The van der Waals surface area contributed by atoms with Gasteiger partial charge in [0.1, 0.15) is 0 Å². The molecular weight excluding hydrogens is 340 g/mol. The van der Waals surface area contributed by atoms with Gasteiger partial charge in [-0.05, 0) is 31.0 Å². The lowest BCUT2D eigenvalue weighted by molar-refractivity contribution is -0.122. The van der Waals surface area contributed by atoms with E-state index in [0.717, 1.165) is 12.0 Å². The number of amides is 3. The molecule has 2 N–H and O–H groups in total. The van der Waals surface area contributed by atoms with Gasteiger partial charge >= 0.3 is 6.03 Å². The number of likely N-dealkylation sites (N-methyl/N-ethyl adjacent to an activating group) is 1. The molecule has 1 aromatic rings. The van der Waals surface area contributed by atoms with Crippen LogP contribution in [0.1, 0.15) is 31.9 Å². The molecule has 0 bridgehead atoms. The number of hydrogen-bond donors (Lipinski definition) is 2. The molecule has 1 atom stereocenters. The Morgan fingerprint density at radius 2 is 1.76 bits per heavy atom. The van der Waals surface area contributed by atoms with E-state index in [4.69, 9.17) is 11.6 Å². The summed E-state index contributed by atoms with van der Waals surface area (Å²) in [6.07, 6.45) is 0.810. The van der Waals surface area contributed by atoms with Crippen LogP contribution in [0.15, 0.2) is 24.3 Å². The van der Waals surface area contributed by atoms with E-state index >= 15 is 0 Å². The first-order valence-corrected chi connectivity index (χ1v) is 9.21. The van der Waals surface area contributed by atoms with E-state index < -0.39 is 0 Å². The lowest BCUT2D eigenvalue weighted by Crippen LogP contribution is -2.53. The van der Waals surface area contributed by atoms with Crippen molar-refractivity contribution < 1.29 is 9.59 Å². The summed E-state index contributed by atoms with van der Waals surface area (Å²) in [4.78, 5) is 28.1. The lowest BCUT2D eigenvalue weighted by Gasteiger charge is -2.35. The van der Waals surface area contributed by atoms with E-state index in [2.05, 4.69) is 15.5 Å². The first-order chi connectivity index (χ1) is 12.0. The molecule has 1 unspecified atom stereocenters. The zero-order valence-electron chi connectivity index (χ0n) is 14.9. The Hall–Kier alpha value is -1.79. The van der Waals surface area contributed by atoms with Crippen molar-refractivity contribution in [3.63, 3.8) is 0 Å². The highest BCUT2D eigenvalue weighted by Crippen LogP contribution is 2.19. The summed E-state index contributed by atoms with van der Waals surface area (Å²) in [6, 6.07) is 7.48. The van der Waals surface area contributed by atoms with Crippen LogP contribution in [-0.4, -0.2) is 61.0 Å². The minimum absolute atomic E-state index is 0.0295. The van der Waals surface area contributed by atoms with E-state index in [0.29, 0.717) is 44.3 Å². The molecule has 1 aromatic carbocycles. The summed E-state index contributed by atoms with van der Waals surface area (Å²) < 4.78 is 0. The summed E-state index contributed by atoms with van der Waals surface area (Å²) in [6.45, 7) is 7.67. The molecule has 1 aliphatic rings. The molecule has 2 rings (SSSR count). The maximum atomic E-state index is 12.5. The van der Waals surface area contributed by atoms with Gasteiger partial charge in [0.25, 0.3) is 0 Å². The summed E-state index contributed by atoms with van der Waals surface area (Å²) in [7, 11) is 0. The molecule has 0 radical (unpaired) electrons. The van der Waals surface area contributed by atoms with Crippen LogP contribution in [0.2, 0.25) is 5.02 Å². The van der Waals surface area contributed by atoms with E-state index in [9.17, 15) is 9.59 Å². The molecule has 0 saturated carbocycles. The van der Waals surface area contributed by atoms with Crippen molar-refractivity contribution in [2.75, 3.05) is 39.3 Å². The molecule has 1 fully saturated rings. The second-order valence-electron chi connectivity index (χ2n) is 6.18. The number of benzene rings is 1. The highest BCUT2D eigenvalue weighted by Gasteiger charge is 2.24. The minimum atomic E-state index is -0.0561. The molecule has 3 amide bonds. The highest BCUT2D eigenvalue weighted by atomic mass is 35.5. The van der Waals surface area contributed by atoms with E-state index in [1.165, 1.54) is 0 Å². The van der Waals surface area contributed by atoms with Gasteiger partial charge in [0.2, 0.25) is 5.91 Å². The lowest BCUT2D eigenvalue weighted by atomic mass is 10.1. The van der Waals surface area contributed by atoms with Gasteiger partial charge in [-0.1, -0.05) is 30.7 Å². The number of piperazine rings is 1. The van der Waals surface area contributed by atoms with Gasteiger partial charge in [-0.25, -0.2) is 4.79 Å². The first-order valence-electron chi connectivity index (χ1n) is 8.83. The van der Waals surface area contributed by atoms with E-state index in [1.54, 1.807) is 0 Å². The third-order valence-corrected chi connectivity index (χ3v) is 4.63. The SMILES string of the molecule is CCNC(=O)CN1CCN(C(=O)NC(CC)c2ccc(Cl)cc2)CC1. The van der Waals surface area contributed by atoms with Gasteiger partial charge in [-0.2, -0.15) is 0 Å². The molecule has 0 aromatic heterocycles. The average Bonchev–Trinajstić information content (AvgIpc) is 2.61. The van der Waals surface area contributed by atoms with Crippen LogP contribution < -0.4 is 10.6 Å². The zero-order valence-corrected chi connectivity index (χ0v) is 15.7. The van der Waals surface area contributed by atoms with E-state index in [1.807, 2.05) is 43.0 Å². The van der Waals surface area contributed by atoms with Crippen LogP contribution in [0.25, 0.3) is 0 Å². The Labute approximate surface area is 154 Å². The second kappa shape index (κ2) is 9.63. The number of urea groups is 1. The Morgan fingerprint density at radius 3 is 2.32 bits per heavy atom. The topological polar surface area (TPSA) is 64.7 Å². The van der Waals surface area contributed by atoms with Crippen LogP contribution in [0.5, 0.6) is 0 Å².